The Morgan fingerprint density at radius 1 is 1.00 bits per heavy atom. The Labute approximate surface area is 181 Å². The number of hydrogen-bond acceptors (Lipinski definition) is 3. The number of rotatable bonds is 10. The molecule has 3 saturated carbocycles. The van der Waals surface area contributed by atoms with E-state index in [0.717, 1.165) is 41.4 Å². The van der Waals surface area contributed by atoms with Gasteiger partial charge in [0.1, 0.15) is 0 Å². The maximum atomic E-state index is 3.80. The Hall–Kier alpha value is -0.120. The van der Waals surface area contributed by atoms with Crippen LogP contribution in [-0.4, -0.2) is 51.7 Å². The Balaban J connectivity index is 1.05. The molecule has 5 atom stereocenters. The van der Waals surface area contributed by atoms with Crippen molar-refractivity contribution in [2.75, 3.05) is 46.8 Å². The highest BCUT2D eigenvalue weighted by atomic mass is 15.2. The summed E-state index contributed by atoms with van der Waals surface area (Å²) in [6, 6.07) is 0. The van der Waals surface area contributed by atoms with Gasteiger partial charge >= 0.3 is 0 Å². The van der Waals surface area contributed by atoms with Crippen molar-refractivity contribution < 1.29 is 0 Å². The summed E-state index contributed by atoms with van der Waals surface area (Å²) in [6.07, 6.45) is 13.3. The van der Waals surface area contributed by atoms with E-state index in [9.17, 15) is 0 Å². The monoisotopic (exact) mass is 403 g/mol. The van der Waals surface area contributed by atoms with Gasteiger partial charge in [-0.05, 0) is 132 Å². The van der Waals surface area contributed by atoms with Crippen LogP contribution in [0.4, 0.5) is 0 Å². The Morgan fingerprint density at radius 3 is 2.48 bits per heavy atom. The van der Waals surface area contributed by atoms with Gasteiger partial charge in [0.15, 0.2) is 0 Å². The summed E-state index contributed by atoms with van der Waals surface area (Å²) in [7, 11) is 4.39. The van der Waals surface area contributed by atoms with Crippen LogP contribution < -0.4 is 10.6 Å². The molecule has 4 rings (SSSR count). The molecule has 1 saturated heterocycles. The smallest absolute Gasteiger partial charge is 0.00476 e. The first-order valence-electron chi connectivity index (χ1n) is 13.0. The molecule has 0 aromatic heterocycles. The number of hydrogen-bond donors (Lipinski definition) is 2. The molecule has 29 heavy (non-hydrogen) atoms. The SMILES string of the molecule is CNCC1CCC(CCCNCC2CC([C@@H](C)C3CC4(C[C@@H]3C)CN(C)C4)C2)C1. The number of nitrogens with zero attached hydrogens (tertiary/aromatic N) is 1. The molecular weight excluding hydrogens is 354 g/mol. The van der Waals surface area contributed by atoms with Crippen LogP contribution in [0.15, 0.2) is 0 Å². The van der Waals surface area contributed by atoms with Crippen molar-refractivity contribution >= 4 is 0 Å². The zero-order valence-electron chi connectivity index (χ0n) is 19.9. The summed E-state index contributed by atoms with van der Waals surface area (Å²) in [4.78, 5) is 2.53. The van der Waals surface area contributed by atoms with Crippen molar-refractivity contribution in [3.63, 3.8) is 0 Å². The van der Waals surface area contributed by atoms with E-state index in [-0.39, 0.29) is 0 Å². The number of likely N-dealkylation sites (tertiary alicyclic amines) is 1. The summed E-state index contributed by atoms with van der Waals surface area (Å²) in [6.45, 7) is 11.7. The van der Waals surface area contributed by atoms with Crippen LogP contribution in [0.2, 0.25) is 0 Å². The third kappa shape index (κ3) is 5.21. The molecule has 168 valence electrons. The molecule has 3 aliphatic carbocycles. The van der Waals surface area contributed by atoms with Crippen LogP contribution in [0.1, 0.15) is 71.6 Å². The highest BCUT2D eigenvalue weighted by Gasteiger charge is 2.52. The lowest BCUT2D eigenvalue weighted by atomic mass is 9.64. The summed E-state index contributed by atoms with van der Waals surface area (Å²) < 4.78 is 0. The summed E-state index contributed by atoms with van der Waals surface area (Å²) >= 11 is 0. The van der Waals surface area contributed by atoms with Crippen molar-refractivity contribution in [2.24, 2.45) is 46.8 Å². The van der Waals surface area contributed by atoms with Crippen LogP contribution in [0.5, 0.6) is 0 Å². The van der Waals surface area contributed by atoms with Crippen LogP contribution in [0.25, 0.3) is 0 Å². The van der Waals surface area contributed by atoms with Gasteiger partial charge in [-0.25, -0.2) is 0 Å². The van der Waals surface area contributed by atoms with E-state index in [1.165, 1.54) is 90.5 Å². The molecule has 4 aliphatic rings. The second-order valence-corrected chi connectivity index (χ2v) is 12.1. The van der Waals surface area contributed by atoms with E-state index in [2.05, 4.69) is 43.5 Å². The lowest BCUT2D eigenvalue weighted by Crippen LogP contribution is -2.53. The van der Waals surface area contributed by atoms with E-state index < -0.39 is 0 Å². The van der Waals surface area contributed by atoms with E-state index in [0.29, 0.717) is 5.41 Å². The molecule has 1 heterocycles. The average Bonchev–Trinajstić information content (AvgIpc) is 3.20. The van der Waals surface area contributed by atoms with Gasteiger partial charge in [0.2, 0.25) is 0 Å². The van der Waals surface area contributed by atoms with E-state index in [4.69, 9.17) is 0 Å². The van der Waals surface area contributed by atoms with Gasteiger partial charge in [0.05, 0.1) is 0 Å². The quantitative estimate of drug-likeness (QED) is 0.521. The third-order valence-electron chi connectivity index (χ3n) is 9.60. The fourth-order valence-corrected chi connectivity index (χ4v) is 8.15. The molecule has 3 nitrogen and oxygen atoms in total. The van der Waals surface area contributed by atoms with Crippen LogP contribution in [-0.2, 0) is 0 Å². The van der Waals surface area contributed by atoms with Gasteiger partial charge in [-0.2, -0.15) is 0 Å². The molecule has 0 bridgehead atoms. The standard InChI is InChI=1S/C26H49N3/c1-19-13-26(17-29(4)18-26)14-25(19)20(2)24-11-23(12-24)16-28-9-5-6-21-7-8-22(10-21)15-27-3/h19-25,27-28H,5-18H2,1-4H3/t19-,20+,21?,22?,23?,24?,25?/m0/s1. The first-order valence-corrected chi connectivity index (χ1v) is 13.0. The largest absolute Gasteiger partial charge is 0.319 e. The van der Waals surface area contributed by atoms with Crippen LogP contribution in [0, 0.1) is 46.8 Å². The molecule has 1 spiro atoms. The Bertz CT molecular complexity index is 508. The van der Waals surface area contributed by atoms with E-state index >= 15 is 0 Å². The molecule has 0 aromatic rings. The summed E-state index contributed by atoms with van der Waals surface area (Å²) in [5.41, 5.74) is 0.712. The topological polar surface area (TPSA) is 27.3 Å². The summed E-state index contributed by atoms with van der Waals surface area (Å²) in [5.74, 6) is 6.87. The molecule has 0 radical (unpaired) electrons. The molecule has 4 fully saturated rings. The van der Waals surface area contributed by atoms with Gasteiger partial charge in [-0.15, -0.1) is 0 Å². The Morgan fingerprint density at radius 2 is 1.76 bits per heavy atom. The maximum Gasteiger partial charge on any atom is 0.00476 e. The highest BCUT2D eigenvalue weighted by molar-refractivity contribution is 5.03. The average molecular weight is 404 g/mol. The van der Waals surface area contributed by atoms with Gasteiger partial charge in [-0.1, -0.05) is 20.3 Å². The van der Waals surface area contributed by atoms with Crippen LogP contribution in [0.3, 0.4) is 0 Å². The lowest BCUT2D eigenvalue weighted by Gasteiger charge is -2.47. The molecular formula is C26H49N3. The third-order valence-corrected chi connectivity index (χ3v) is 9.60. The van der Waals surface area contributed by atoms with Crippen molar-refractivity contribution in [1.29, 1.82) is 0 Å². The van der Waals surface area contributed by atoms with Crippen molar-refractivity contribution in [1.82, 2.24) is 15.5 Å². The lowest BCUT2D eigenvalue weighted by molar-refractivity contribution is 0.0164. The summed E-state index contributed by atoms with van der Waals surface area (Å²) in [5, 5.41) is 7.16. The predicted molar refractivity (Wildman–Crippen MR) is 124 cm³/mol. The van der Waals surface area contributed by atoms with Gasteiger partial charge in [-0.3, -0.25) is 0 Å². The molecule has 3 heteroatoms. The van der Waals surface area contributed by atoms with Crippen molar-refractivity contribution in [3.8, 4) is 0 Å². The minimum atomic E-state index is 0.712. The predicted octanol–water partition coefficient (Wildman–Crippen LogP) is 4.63. The molecule has 2 N–H and O–H groups in total. The van der Waals surface area contributed by atoms with E-state index in [1.54, 1.807) is 0 Å². The first kappa shape index (κ1) is 22.1. The molecule has 0 amide bonds. The fraction of sp³-hybridized carbons (Fsp3) is 1.00. The maximum absolute atomic E-state index is 3.80. The van der Waals surface area contributed by atoms with Gasteiger partial charge in [0, 0.05) is 13.1 Å². The fourth-order valence-electron chi connectivity index (χ4n) is 8.15. The van der Waals surface area contributed by atoms with Crippen molar-refractivity contribution in [3.05, 3.63) is 0 Å². The number of nitrogens with one attached hydrogen (secondary N) is 2. The second-order valence-electron chi connectivity index (χ2n) is 12.1. The Kier molecular flexibility index (Phi) is 7.29. The van der Waals surface area contributed by atoms with Gasteiger partial charge < -0.3 is 15.5 Å². The first-order chi connectivity index (χ1) is 14.0. The normalized spacial score (nSPS) is 40.1. The molecule has 0 aromatic carbocycles. The van der Waals surface area contributed by atoms with Crippen LogP contribution >= 0.6 is 0 Å². The minimum Gasteiger partial charge on any atom is -0.319 e. The zero-order valence-corrected chi connectivity index (χ0v) is 19.9. The molecule has 3 unspecified atom stereocenters. The van der Waals surface area contributed by atoms with E-state index in [1.807, 2.05) is 0 Å². The highest BCUT2D eigenvalue weighted by Crippen LogP contribution is 2.55. The second kappa shape index (κ2) is 9.57. The van der Waals surface area contributed by atoms with Gasteiger partial charge in [0.25, 0.3) is 0 Å². The molecule has 1 aliphatic heterocycles. The van der Waals surface area contributed by atoms with Crippen molar-refractivity contribution in [2.45, 2.75) is 71.6 Å². The minimum absolute atomic E-state index is 0.712. The zero-order chi connectivity index (χ0) is 20.4.